The number of nitrogens with one attached hydrogen (secondary N) is 1. The van der Waals surface area contributed by atoms with Crippen molar-refractivity contribution >= 4 is 12.0 Å². The molecule has 1 aromatic carbocycles. The Kier molecular flexibility index (Phi) is 3.57. The second-order valence-corrected chi connectivity index (χ2v) is 2.52. The quantitative estimate of drug-likeness (QED) is 0.729. The maximum absolute atomic E-state index is 10.1. The van der Waals surface area contributed by atoms with E-state index >= 15 is 0 Å². The zero-order valence-electron chi connectivity index (χ0n) is 7.10. The Labute approximate surface area is 76.7 Å². The molecule has 0 aliphatic rings. The molecule has 1 aromatic rings. The second kappa shape index (κ2) is 4.98. The van der Waals surface area contributed by atoms with Crippen LogP contribution in [0.4, 0.5) is 0 Å². The van der Waals surface area contributed by atoms with Crippen LogP contribution in [0.2, 0.25) is 0 Å². The first-order valence-electron chi connectivity index (χ1n) is 3.96. The second-order valence-electron chi connectivity index (χ2n) is 2.52. The molecule has 0 atom stereocenters. The monoisotopic (exact) mass is 177 g/mol. The number of carboxylic acid groups (broad SMARTS) is 1. The van der Waals surface area contributed by atoms with Gasteiger partial charge < -0.3 is 10.4 Å². The van der Waals surface area contributed by atoms with Gasteiger partial charge in [0.1, 0.15) is 6.54 Å². The third-order valence-corrected chi connectivity index (χ3v) is 1.45. The first kappa shape index (κ1) is 9.32. The van der Waals surface area contributed by atoms with Crippen molar-refractivity contribution in [1.29, 1.82) is 0 Å². The number of aliphatic carboxylic acids is 1. The summed E-state index contributed by atoms with van der Waals surface area (Å²) < 4.78 is 0. The van der Waals surface area contributed by atoms with Crippen molar-refractivity contribution in [1.82, 2.24) is 5.32 Å². The van der Waals surface area contributed by atoms with Crippen molar-refractivity contribution in [2.24, 2.45) is 0 Å². The molecule has 0 radical (unpaired) electrons. The summed E-state index contributed by atoms with van der Waals surface area (Å²) in [6.45, 7) is -0.0522. The SMILES string of the molecule is O=C(O)CNC=Cc1ccccc1. The number of carbonyl (C=O) groups is 1. The molecule has 3 nitrogen and oxygen atoms in total. The minimum Gasteiger partial charge on any atom is -0.480 e. The van der Waals surface area contributed by atoms with Gasteiger partial charge in [-0.3, -0.25) is 4.79 Å². The van der Waals surface area contributed by atoms with Crippen LogP contribution in [0.15, 0.2) is 36.5 Å². The van der Waals surface area contributed by atoms with Crippen LogP contribution in [0.5, 0.6) is 0 Å². The third kappa shape index (κ3) is 3.96. The number of hydrogen-bond donors (Lipinski definition) is 2. The Balaban J connectivity index is 2.37. The largest absolute Gasteiger partial charge is 0.480 e. The van der Waals surface area contributed by atoms with Crippen molar-refractivity contribution in [2.45, 2.75) is 0 Å². The molecule has 68 valence electrons. The molecule has 3 heteroatoms. The first-order chi connectivity index (χ1) is 6.29. The predicted octanol–water partition coefficient (Wildman–Crippen LogP) is 1.33. The van der Waals surface area contributed by atoms with Crippen LogP contribution < -0.4 is 5.32 Å². The lowest BCUT2D eigenvalue weighted by Crippen LogP contribution is -2.16. The van der Waals surface area contributed by atoms with E-state index in [9.17, 15) is 4.79 Å². The maximum atomic E-state index is 10.1. The summed E-state index contributed by atoms with van der Waals surface area (Å²) in [5.41, 5.74) is 1.04. The molecule has 1 rings (SSSR count). The molecule has 0 saturated heterocycles. The maximum Gasteiger partial charge on any atom is 0.322 e. The van der Waals surface area contributed by atoms with Gasteiger partial charge in [-0.15, -0.1) is 0 Å². The van der Waals surface area contributed by atoms with E-state index in [1.807, 2.05) is 36.4 Å². The smallest absolute Gasteiger partial charge is 0.322 e. The zero-order chi connectivity index (χ0) is 9.52. The summed E-state index contributed by atoms with van der Waals surface area (Å²) in [5, 5.41) is 11.0. The van der Waals surface area contributed by atoms with Crippen molar-refractivity contribution in [3.8, 4) is 0 Å². The summed E-state index contributed by atoms with van der Waals surface area (Å²) in [5.74, 6) is -0.863. The summed E-state index contributed by atoms with van der Waals surface area (Å²) in [6, 6.07) is 9.67. The van der Waals surface area contributed by atoms with Crippen LogP contribution in [0.3, 0.4) is 0 Å². The van der Waals surface area contributed by atoms with E-state index in [1.54, 1.807) is 6.20 Å². The fourth-order valence-electron chi connectivity index (χ4n) is 0.866. The average molecular weight is 177 g/mol. The summed E-state index contributed by atoms with van der Waals surface area (Å²) in [7, 11) is 0. The Morgan fingerprint density at radius 2 is 2.08 bits per heavy atom. The number of benzene rings is 1. The molecule has 2 N–H and O–H groups in total. The lowest BCUT2D eigenvalue weighted by molar-refractivity contribution is -0.135. The average Bonchev–Trinajstić information content (AvgIpc) is 2.14. The molecule has 0 saturated carbocycles. The molecule has 0 bridgehead atoms. The molecule has 0 unspecified atom stereocenters. The Hall–Kier alpha value is -1.77. The highest BCUT2D eigenvalue weighted by Gasteiger charge is 1.89. The molecule has 0 aliphatic carbocycles. The topological polar surface area (TPSA) is 49.3 Å². The lowest BCUT2D eigenvalue weighted by Gasteiger charge is -1.94. The van der Waals surface area contributed by atoms with Gasteiger partial charge in [-0.25, -0.2) is 0 Å². The van der Waals surface area contributed by atoms with Gasteiger partial charge in [0.15, 0.2) is 0 Å². The molecular weight excluding hydrogens is 166 g/mol. The highest BCUT2D eigenvalue weighted by molar-refractivity contribution is 5.69. The molecule has 13 heavy (non-hydrogen) atoms. The highest BCUT2D eigenvalue weighted by atomic mass is 16.4. The van der Waals surface area contributed by atoms with E-state index in [1.165, 1.54) is 0 Å². The van der Waals surface area contributed by atoms with E-state index in [-0.39, 0.29) is 6.54 Å². The Morgan fingerprint density at radius 3 is 2.69 bits per heavy atom. The van der Waals surface area contributed by atoms with E-state index in [0.717, 1.165) is 5.56 Å². The minimum atomic E-state index is -0.863. The van der Waals surface area contributed by atoms with Crippen molar-refractivity contribution in [3.63, 3.8) is 0 Å². The van der Waals surface area contributed by atoms with Crippen LogP contribution in [-0.4, -0.2) is 17.6 Å². The number of hydrogen-bond acceptors (Lipinski definition) is 2. The molecule has 0 heterocycles. The fraction of sp³-hybridized carbons (Fsp3) is 0.100. The van der Waals surface area contributed by atoms with E-state index in [4.69, 9.17) is 5.11 Å². The van der Waals surface area contributed by atoms with Crippen molar-refractivity contribution in [3.05, 3.63) is 42.1 Å². The number of rotatable bonds is 4. The molecule has 0 amide bonds. The van der Waals surface area contributed by atoms with E-state index in [0.29, 0.717) is 0 Å². The van der Waals surface area contributed by atoms with E-state index in [2.05, 4.69) is 5.32 Å². The van der Waals surface area contributed by atoms with Crippen LogP contribution >= 0.6 is 0 Å². The Morgan fingerprint density at radius 1 is 1.38 bits per heavy atom. The fourth-order valence-corrected chi connectivity index (χ4v) is 0.866. The molecule has 0 aliphatic heterocycles. The zero-order valence-corrected chi connectivity index (χ0v) is 7.10. The molecular formula is C10H11NO2. The number of carboxylic acids is 1. The van der Waals surface area contributed by atoms with Gasteiger partial charge in [0.25, 0.3) is 0 Å². The van der Waals surface area contributed by atoms with Gasteiger partial charge in [0.05, 0.1) is 0 Å². The van der Waals surface area contributed by atoms with Crippen molar-refractivity contribution in [2.75, 3.05) is 6.54 Å². The van der Waals surface area contributed by atoms with Gasteiger partial charge in [0, 0.05) is 0 Å². The van der Waals surface area contributed by atoms with E-state index < -0.39 is 5.97 Å². The summed E-state index contributed by atoms with van der Waals surface area (Å²) >= 11 is 0. The molecule has 0 spiro atoms. The van der Waals surface area contributed by atoms with Gasteiger partial charge in [0.2, 0.25) is 0 Å². The van der Waals surface area contributed by atoms with Gasteiger partial charge >= 0.3 is 5.97 Å². The molecule has 0 fully saturated rings. The van der Waals surface area contributed by atoms with Crippen LogP contribution in [0.1, 0.15) is 5.56 Å². The van der Waals surface area contributed by atoms with Crippen LogP contribution in [0, 0.1) is 0 Å². The normalized spacial score (nSPS) is 10.2. The van der Waals surface area contributed by atoms with Crippen LogP contribution in [-0.2, 0) is 4.79 Å². The van der Waals surface area contributed by atoms with Gasteiger partial charge in [-0.05, 0) is 17.8 Å². The summed E-state index contributed by atoms with van der Waals surface area (Å²) in [6.07, 6.45) is 3.45. The Bertz CT molecular complexity index is 293. The van der Waals surface area contributed by atoms with Gasteiger partial charge in [-0.1, -0.05) is 30.3 Å². The minimum absolute atomic E-state index is 0.0522. The van der Waals surface area contributed by atoms with Gasteiger partial charge in [-0.2, -0.15) is 0 Å². The molecule has 0 aromatic heterocycles. The summed E-state index contributed by atoms with van der Waals surface area (Å²) in [4.78, 5) is 10.1. The predicted molar refractivity (Wildman–Crippen MR) is 51.1 cm³/mol. The third-order valence-electron chi connectivity index (χ3n) is 1.45. The standard InChI is InChI=1S/C10H11NO2/c12-10(13)8-11-7-6-9-4-2-1-3-5-9/h1-7,11H,8H2,(H,12,13). The van der Waals surface area contributed by atoms with Crippen LogP contribution in [0.25, 0.3) is 6.08 Å². The first-order valence-corrected chi connectivity index (χ1v) is 3.96. The lowest BCUT2D eigenvalue weighted by atomic mass is 10.2. The highest BCUT2D eigenvalue weighted by Crippen LogP contribution is 1.99. The van der Waals surface area contributed by atoms with Crippen molar-refractivity contribution < 1.29 is 9.90 Å².